The van der Waals surface area contributed by atoms with E-state index in [1.54, 1.807) is 36.4 Å². The van der Waals surface area contributed by atoms with Crippen LogP contribution in [0, 0.1) is 0 Å². The van der Waals surface area contributed by atoms with Crippen molar-refractivity contribution in [2.75, 3.05) is 11.9 Å². The second-order valence-electron chi connectivity index (χ2n) is 5.09. The number of furan rings is 1. The smallest absolute Gasteiger partial charge is 0.253 e. The predicted molar refractivity (Wildman–Crippen MR) is 101 cm³/mol. The quantitative estimate of drug-likeness (QED) is 0.547. The van der Waals surface area contributed by atoms with Crippen molar-refractivity contribution in [2.24, 2.45) is 0 Å². The second kappa shape index (κ2) is 9.39. The highest BCUT2D eigenvalue weighted by Gasteiger charge is 2.11. The highest BCUT2D eigenvalue weighted by Crippen LogP contribution is 2.14. The van der Waals surface area contributed by atoms with Crippen LogP contribution in [0.1, 0.15) is 29.5 Å². The number of hydrogen-bond acceptors (Lipinski definition) is 4. The summed E-state index contributed by atoms with van der Waals surface area (Å²) in [7, 11) is 0. The number of para-hydroxylation sites is 1. The van der Waals surface area contributed by atoms with Crippen molar-refractivity contribution in [3.63, 3.8) is 0 Å². The van der Waals surface area contributed by atoms with Crippen LogP contribution in [0.2, 0.25) is 0 Å². The Bertz CT molecular complexity index is 770. The highest BCUT2D eigenvalue weighted by atomic mass is 32.1. The van der Waals surface area contributed by atoms with E-state index >= 15 is 0 Å². The van der Waals surface area contributed by atoms with Gasteiger partial charge < -0.3 is 15.1 Å². The van der Waals surface area contributed by atoms with Gasteiger partial charge in [0, 0.05) is 12.6 Å². The van der Waals surface area contributed by atoms with Crippen molar-refractivity contribution < 1.29 is 14.0 Å². The van der Waals surface area contributed by atoms with Crippen LogP contribution in [0.15, 0.2) is 53.2 Å². The van der Waals surface area contributed by atoms with E-state index in [-0.39, 0.29) is 11.0 Å². The summed E-state index contributed by atoms with van der Waals surface area (Å²) in [5, 5.41) is 8.30. The van der Waals surface area contributed by atoms with E-state index in [4.69, 9.17) is 16.6 Å². The molecule has 0 spiro atoms. The molecule has 0 saturated carbocycles. The van der Waals surface area contributed by atoms with Crippen LogP contribution in [0.5, 0.6) is 0 Å². The first-order valence-corrected chi connectivity index (χ1v) is 8.21. The molecule has 1 aromatic heterocycles. The summed E-state index contributed by atoms with van der Waals surface area (Å²) < 4.78 is 5.10. The molecule has 0 aliphatic carbocycles. The van der Waals surface area contributed by atoms with Gasteiger partial charge in [-0.25, -0.2) is 0 Å². The fourth-order valence-corrected chi connectivity index (χ4v) is 2.19. The van der Waals surface area contributed by atoms with Gasteiger partial charge in [0.2, 0.25) is 5.91 Å². The van der Waals surface area contributed by atoms with E-state index in [9.17, 15) is 9.59 Å². The van der Waals surface area contributed by atoms with E-state index in [0.717, 1.165) is 6.42 Å². The van der Waals surface area contributed by atoms with Crippen LogP contribution in [-0.2, 0) is 4.79 Å². The van der Waals surface area contributed by atoms with Crippen LogP contribution in [0.25, 0.3) is 6.08 Å². The molecule has 2 aromatic rings. The van der Waals surface area contributed by atoms with Gasteiger partial charge in [-0.05, 0) is 49.0 Å². The van der Waals surface area contributed by atoms with Gasteiger partial charge in [-0.15, -0.1) is 0 Å². The highest BCUT2D eigenvalue weighted by molar-refractivity contribution is 7.80. The zero-order chi connectivity index (χ0) is 18.1. The van der Waals surface area contributed by atoms with Crippen LogP contribution >= 0.6 is 12.2 Å². The lowest BCUT2D eigenvalue weighted by atomic mass is 10.1. The molecule has 0 fully saturated rings. The molecule has 6 nitrogen and oxygen atoms in total. The lowest BCUT2D eigenvalue weighted by molar-refractivity contribution is -0.115. The van der Waals surface area contributed by atoms with Crippen molar-refractivity contribution in [2.45, 2.75) is 13.3 Å². The normalized spacial score (nSPS) is 10.4. The molecule has 130 valence electrons. The maximum absolute atomic E-state index is 12.2. The molecule has 2 amide bonds. The third-order valence-corrected chi connectivity index (χ3v) is 3.34. The number of amides is 2. The van der Waals surface area contributed by atoms with Gasteiger partial charge in [0.15, 0.2) is 5.11 Å². The second-order valence-corrected chi connectivity index (χ2v) is 5.50. The van der Waals surface area contributed by atoms with Crippen molar-refractivity contribution in [1.29, 1.82) is 0 Å². The topological polar surface area (TPSA) is 83.4 Å². The zero-order valence-corrected chi connectivity index (χ0v) is 14.6. The number of rotatable bonds is 6. The Balaban J connectivity index is 1.96. The summed E-state index contributed by atoms with van der Waals surface area (Å²) in [6.07, 6.45) is 5.21. The number of thiocarbonyl (C=S) groups is 1. The lowest BCUT2D eigenvalue weighted by Crippen LogP contribution is -2.34. The number of carbonyl (C=O) groups is 2. The summed E-state index contributed by atoms with van der Waals surface area (Å²) in [6.45, 7) is 2.57. The van der Waals surface area contributed by atoms with Crippen LogP contribution in [-0.4, -0.2) is 23.5 Å². The van der Waals surface area contributed by atoms with Gasteiger partial charge in [0.05, 0.1) is 17.5 Å². The summed E-state index contributed by atoms with van der Waals surface area (Å²) >= 11 is 5.13. The minimum absolute atomic E-state index is 0.102. The zero-order valence-electron chi connectivity index (χ0n) is 13.7. The number of anilines is 1. The van der Waals surface area contributed by atoms with E-state index in [2.05, 4.69) is 16.0 Å². The van der Waals surface area contributed by atoms with Crippen molar-refractivity contribution in [3.8, 4) is 0 Å². The molecule has 0 aliphatic heterocycles. The molecule has 1 heterocycles. The molecule has 2 rings (SSSR count). The van der Waals surface area contributed by atoms with Crippen LogP contribution < -0.4 is 16.0 Å². The fourth-order valence-electron chi connectivity index (χ4n) is 1.97. The van der Waals surface area contributed by atoms with E-state index in [1.165, 1.54) is 18.4 Å². The van der Waals surface area contributed by atoms with E-state index < -0.39 is 5.91 Å². The molecule has 0 saturated heterocycles. The predicted octanol–water partition coefficient (Wildman–Crippen LogP) is 2.95. The third kappa shape index (κ3) is 5.89. The summed E-state index contributed by atoms with van der Waals surface area (Å²) in [5.74, 6) is -0.0365. The molecule has 0 atom stereocenters. The SMILES string of the molecule is CCCNC(=O)c1ccccc1NC(=S)NC(=O)/C=C/c1ccco1. The van der Waals surface area contributed by atoms with Crippen molar-refractivity contribution >= 4 is 40.9 Å². The minimum atomic E-state index is -0.401. The first-order valence-electron chi connectivity index (χ1n) is 7.81. The molecule has 0 bridgehead atoms. The maximum Gasteiger partial charge on any atom is 0.253 e. The number of nitrogens with one attached hydrogen (secondary N) is 3. The first-order chi connectivity index (χ1) is 12.1. The van der Waals surface area contributed by atoms with E-state index in [0.29, 0.717) is 23.6 Å². The number of hydrogen-bond donors (Lipinski definition) is 3. The average Bonchev–Trinajstić information content (AvgIpc) is 3.12. The van der Waals surface area contributed by atoms with Crippen LogP contribution in [0.3, 0.4) is 0 Å². The Morgan fingerprint density at radius 1 is 1.20 bits per heavy atom. The number of carbonyl (C=O) groups excluding carboxylic acids is 2. The molecule has 3 N–H and O–H groups in total. The maximum atomic E-state index is 12.2. The fraction of sp³-hybridized carbons (Fsp3) is 0.167. The summed E-state index contributed by atoms with van der Waals surface area (Å²) in [6, 6.07) is 10.4. The third-order valence-electron chi connectivity index (χ3n) is 3.13. The molecule has 0 aliphatic rings. The Labute approximate surface area is 151 Å². The van der Waals surface area contributed by atoms with Crippen LogP contribution in [0.4, 0.5) is 5.69 Å². The lowest BCUT2D eigenvalue weighted by Gasteiger charge is -2.12. The van der Waals surface area contributed by atoms with Gasteiger partial charge in [-0.3, -0.25) is 14.9 Å². The van der Waals surface area contributed by atoms with Crippen molar-refractivity contribution in [3.05, 3.63) is 60.1 Å². The summed E-state index contributed by atoms with van der Waals surface area (Å²) in [5.41, 5.74) is 0.982. The molecule has 25 heavy (non-hydrogen) atoms. The molecule has 0 radical (unpaired) electrons. The standard InChI is InChI=1S/C18H19N3O3S/c1-2-11-19-17(23)14-7-3-4-8-15(14)20-18(25)21-16(22)10-9-13-6-5-12-24-13/h3-10,12H,2,11H2,1H3,(H,19,23)(H2,20,21,22,25)/b10-9+. The van der Waals surface area contributed by atoms with Gasteiger partial charge >= 0.3 is 0 Å². The molecular formula is C18H19N3O3S. The van der Waals surface area contributed by atoms with Gasteiger partial charge in [0.1, 0.15) is 5.76 Å². The number of benzene rings is 1. The monoisotopic (exact) mass is 357 g/mol. The van der Waals surface area contributed by atoms with E-state index in [1.807, 2.05) is 6.92 Å². The molecule has 0 unspecified atom stereocenters. The van der Waals surface area contributed by atoms with Gasteiger partial charge in [-0.2, -0.15) is 0 Å². The summed E-state index contributed by atoms with van der Waals surface area (Å²) in [4.78, 5) is 24.0. The molecule has 7 heteroatoms. The molecule has 1 aromatic carbocycles. The Hall–Kier alpha value is -2.93. The minimum Gasteiger partial charge on any atom is -0.465 e. The Kier molecular flexibility index (Phi) is 6.91. The average molecular weight is 357 g/mol. The van der Waals surface area contributed by atoms with Crippen molar-refractivity contribution in [1.82, 2.24) is 10.6 Å². The Morgan fingerprint density at radius 2 is 2.00 bits per heavy atom. The van der Waals surface area contributed by atoms with Gasteiger partial charge in [-0.1, -0.05) is 19.1 Å². The first kappa shape index (κ1) is 18.4. The Morgan fingerprint density at radius 3 is 2.72 bits per heavy atom. The largest absolute Gasteiger partial charge is 0.465 e. The molecular weight excluding hydrogens is 338 g/mol. The van der Waals surface area contributed by atoms with Gasteiger partial charge in [0.25, 0.3) is 5.91 Å².